The molecular weight excluding hydrogens is 697 g/mol. The normalized spacial score (nSPS) is 12.2. The molecule has 13 rings (SSSR count). The lowest BCUT2D eigenvalue weighted by Crippen LogP contribution is -1.91. The number of fused-ring (bicyclic) bond motifs is 12. The van der Waals surface area contributed by atoms with Crippen molar-refractivity contribution in [2.75, 3.05) is 0 Å². The predicted octanol–water partition coefficient (Wildman–Crippen LogP) is 15.8. The lowest BCUT2D eigenvalue weighted by Gasteiger charge is -2.18. The average molecular weight is 727 g/mol. The molecular formula is C54H30O3. The molecule has 10 aromatic carbocycles. The van der Waals surface area contributed by atoms with Crippen molar-refractivity contribution in [2.45, 2.75) is 0 Å². The van der Waals surface area contributed by atoms with Gasteiger partial charge in [-0.05, 0) is 103 Å². The molecule has 0 N–H and O–H groups in total. The summed E-state index contributed by atoms with van der Waals surface area (Å²) in [6, 6.07) is 65.0. The van der Waals surface area contributed by atoms with Crippen LogP contribution in [-0.2, 0) is 0 Å². The quantitative estimate of drug-likeness (QED) is 0.170. The molecule has 0 atom stereocenters. The molecule has 0 aliphatic carbocycles. The first kappa shape index (κ1) is 30.7. The molecule has 13 aromatic rings. The van der Waals surface area contributed by atoms with Crippen LogP contribution in [0.1, 0.15) is 0 Å². The van der Waals surface area contributed by atoms with Gasteiger partial charge >= 0.3 is 0 Å². The molecule has 3 heterocycles. The minimum Gasteiger partial charge on any atom is -0.456 e. The van der Waals surface area contributed by atoms with Gasteiger partial charge in [0, 0.05) is 37.9 Å². The zero-order valence-corrected chi connectivity index (χ0v) is 30.5. The first-order valence-electron chi connectivity index (χ1n) is 19.4. The smallest absolute Gasteiger partial charge is 0.143 e. The SMILES string of the molecule is c1ccc2c(-c3c4ccccc4c(-c4ccc5c(c4)oc4ccc(-c6cccc7c6oc6cc8c(cc67)oc6ccccc68)cc45)c4ccccc34)cccc2c1. The van der Waals surface area contributed by atoms with Crippen molar-refractivity contribution in [3.63, 3.8) is 0 Å². The van der Waals surface area contributed by atoms with Crippen molar-refractivity contribution in [3.05, 3.63) is 182 Å². The van der Waals surface area contributed by atoms with Gasteiger partial charge in [0.1, 0.15) is 33.5 Å². The van der Waals surface area contributed by atoms with Crippen LogP contribution in [0.3, 0.4) is 0 Å². The maximum Gasteiger partial charge on any atom is 0.143 e. The second-order valence-electron chi connectivity index (χ2n) is 15.1. The van der Waals surface area contributed by atoms with Gasteiger partial charge in [0.2, 0.25) is 0 Å². The van der Waals surface area contributed by atoms with Crippen LogP contribution in [-0.4, -0.2) is 0 Å². The van der Waals surface area contributed by atoms with E-state index in [0.29, 0.717) is 0 Å². The minimum absolute atomic E-state index is 0.851. The Bertz CT molecular complexity index is 3750. The first-order valence-corrected chi connectivity index (χ1v) is 19.4. The molecule has 0 saturated heterocycles. The molecule has 0 unspecified atom stereocenters. The average Bonchev–Trinajstić information content (AvgIpc) is 3.94. The van der Waals surface area contributed by atoms with E-state index in [0.717, 1.165) is 82.5 Å². The highest BCUT2D eigenvalue weighted by Gasteiger charge is 2.20. The first-order chi connectivity index (χ1) is 28.2. The van der Waals surface area contributed by atoms with E-state index in [1.165, 1.54) is 49.0 Å². The summed E-state index contributed by atoms with van der Waals surface area (Å²) in [5.74, 6) is 0. The van der Waals surface area contributed by atoms with Crippen LogP contribution in [0, 0.1) is 0 Å². The Labute approximate surface area is 325 Å². The van der Waals surface area contributed by atoms with E-state index in [-0.39, 0.29) is 0 Å². The van der Waals surface area contributed by atoms with Crippen LogP contribution < -0.4 is 0 Å². The summed E-state index contributed by atoms with van der Waals surface area (Å²) in [6.45, 7) is 0. The van der Waals surface area contributed by atoms with Crippen LogP contribution in [0.2, 0.25) is 0 Å². The fourth-order valence-corrected chi connectivity index (χ4v) is 9.52. The van der Waals surface area contributed by atoms with Crippen LogP contribution in [0.4, 0.5) is 0 Å². The maximum atomic E-state index is 6.67. The van der Waals surface area contributed by atoms with Gasteiger partial charge in [-0.15, -0.1) is 0 Å². The molecule has 0 bridgehead atoms. The third-order valence-corrected chi connectivity index (χ3v) is 12.1. The number of para-hydroxylation sites is 2. The van der Waals surface area contributed by atoms with Crippen molar-refractivity contribution in [3.8, 4) is 33.4 Å². The van der Waals surface area contributed by atoms with Crippen LogP contribution >= 0.6 is 0 Å². The standard InChI is InChI=1S/C54H30O3/c1-2-13-34-31(11-1)12-9-20-38(34)53-41-17-5-3-15-39(41)52(40-16-4-6-18-42(40)53)33-23-25-37-44-27-32(24-26-48(44)56-49(37)28-33)35-19-10-21-43-46-30-50-45(29-51(46)57-54(35)43)36-14-7-8-22-47(36)55-50/h1-30H. The highest BCUT2D eigenvalue weighted by atomic mass is 16.3. The third-order valence-electron chi connectivity index (χ3n) is 12.1. The van der Waals surface area contributed by atoms with E-state index < -0.39 is 0 Å². The maximum absolute atomic E-state index is 6.67. The third kappa shape index (κ3) is 4.37. The fourth-order valence-electron chi connectivity index (χ4n) is 9.52. The van der Waals surface area contributed by atoms with Crippen molar-refractivity contribution < 1.29 is 13.3 Å². The van der Waals surface area contributed by atoms with Gasteiger partial charge < -0.3 is 13.3 Å². The van der Waals surface area contributed by atoms with Crippen molar-refractivity contribution in [2.24, 2.45) is 0 Å². The molecule has 3 nitrogen and oxygen atoms in total. The van der Waals surface area contributed by atoms with Crippen LogP contribution in [0.25, 0.3) is 132 Å². The largest absolute Gasteiger partial charge is 0.456 e. The second-order valence-corrected chi connectivity index (χ2v) is 15.1. The van der Waals surface area contributed by atoms with Crippen LogP contribution in [0.5, 0.6) is 0 Å². The van der Waals surface area contributed by atoms with E-state index in [4.69, 9.17) is 13.3 Å². The summed E-state index contributed by atoms with van der Waals surface area (Å²) in [5, 5.41) is 13.8. The summed E-state index contributed by atoms with van der Waals surface area (Å²) in [6.07, 6.45) is 0. The fraction of sp³-hybridized carbons (Fsp3) is 0. The lowest BCUT2D eigenvalue weighted by atomic mass is 9.84. The monoisotopic (exact) mass is 726 g/mol. The molecule has 3 aromatic heterocycles. The van der Waals surface area contributed by atoms with Gasteiger partial charge in [0.15, 0.2) is 0 Å². The molecule has 3 heteroatoms. The van der Waals surface area contributed by atoms with E-state index in [2.05, 4.69) is 164 Å². The minimum atomic E-state index is 0.851. The Kier molecular flexibility index (Phi) is 6.16. The van der Waals surface area contributed by atoms with Crippen LogP contribution in [0.15, 0.2) is 195 Å². The highest BCUT2D eigenvalue weighted by molar-refractivity contribution is 6.24. The van der Waals surface area contributed by atoms with Gasteiger partial charge in [0.25, 0.3) is 0 Å². The Balaban J connectivity index is 0.976. The van der Waals surface area contributed by atoms with Gasteiger partial charge in [-0.25, -0.2) is 0 Å². The van der Waals surface area contributed by atoms with Crippen molar-refractivity contribution in [1.29, 1.82) is 0 Å². The summed E-state index contributed by atoms with van der Waals surface area (Å²) in [4.78, 5) is 0. The summed E-state index contributed by atoms with van der Waals surface area (Å²) in [5.41, 5.74) is 12.2. The number of hydrogen-bond donors (Lipinski definition) is 0. The molecule has 0 aliphatic heterocycles. The molecule has 0 fully saturated rings. The van der Waals surface area contributed by atoms with Gasteiger partial charge in [-0.2, -0.15) is 0 Å². The molecule has 0 saturated carbocycles. The van der Waals surface area contributed by atoms with Gasteiger partial charge in [-0.1, -0.05) is 140 Å². The van der Waals surface area contributed by atoms with Gasteiger partial charge in [0.05, 0.1) is 0 Å². The van der Waals surface area contributed by atoms with E-state index in [9.17, 15) is 0 Å². The Morgan fingerprint density at radius 3 is 1.54 bits per heavy atom. The molecule has 0 amide bonds. The number of benzene rings is 10. The van der Waals surface area contributed by atoms with Gasteiger partial charge in [-0.3, -0.25) is 0 Å². The summed E-state index contributed by atoms with van der Waals surface area (Å²) < 4.78 is 19.6. The molecule has 0 radical (unpaired) electrons. The topological polar surface area (TPSA) is 39.4 Å². The van der Waals surface area contributed by atoms with Crippen molar-refractivity contribution >= 4 is 98.1 Å². The van der Waals surface area contributed by atoms with E-state index in [1.54, 1.807) is 0 Å². The zero-order valence-electron chi connectivity index (χ0n) is 30.5. The zero-order chi connectivity index (χ0) is 37.2. The van der Waals surface area contributed by atoms with E-state index >= 15 is 0 Å². The second kappa shape index (κ2) is 11.5. The summed E-state index contributed by atoms with van der Waals surface area (Å²) in [7, 11) is 0. The lowest BCUT2D eigenvalue weighted by molar-refractivity contribution is 0.664. The Hall–Kier alpha value is -7.62. The Morgan fingerprint density at radius 2 is 0.754 bits per heavy atom. The predicted molar refractivity (Wildman–Crippen MR) is 237 cm³/mol. The number of furan rings is 3. The van der Waals surface area contributed by atoms with E-state index in [1.807, 2.05) is 18.2 Å². The molecule has 57 heavy (non-hydrogen) atoms. The van der Waals surface area contributed by atoms with Crippen molar-refractivity contribution in [1.82, 2.24) is 0 Å². The summed E-state index contributed by atoms with van der Waals surface area (Å²) >= 11 is 0. The molecule has 0 spiro atoms. The number of rotatable bonds is 3. The molecule has 264 valence electrons. The Morgan fingerprint density at radius 1 is 0.246 bits per heavy atom. The molecule has 0 aliphatic rings. The number of hydrogen-bond acceptors (Lipinski definition) is 3. The highest BCUT2D eigenvalue weighted by Crippen LogP contribution is 2.47.